The van der Waals surface area contributed by atoms with E-state index in [9.17, 15) is 31.4 Å². The lowest BCUT2D eigenvalue weighted by molar-refractivity contribution is -0.138. The lowest BCUT2D eigenvalue weighted by Crippen LogP contribution is -2.04. The van der Waals surface area contributed by atoms with Crippen molar-refractivity contribution in [3.63, 3.8) is 0 Å². The molecule has 36 heavy (non-hydrogen) atoms. The van der Waals surface area contributed by atoms with Gasteiger partial charge in [0.25, 0.3) is 0 Å². The standard InChI is InChI=1S/C13H11F3N2.C13H10F3NO/c1-8-6-11(17)7-18-12(8)9-2-4-10(5-3-9)13(14,15)16;1-8-6-11(18)7-17-12(8)9-2-4-10(5-3-9)13(14,15)16/h2-7H,17H2,1H3;2-7,18H,1H3. The number of alkyl halides is 6. The molecule has 4 rings (SSSR count). The van der Waals surface area contributed by atoms with E-state index in [0.29, 0.717) is 33.8 Å². The fourth-order valence-corrected chi connectivity index (χ4v) is 3.40. The highest BCUT2D eigenvalue weighted by Crippen LogP contribution is 2.32. The van der Waals surface area contributed by atoms with E-state index in [2.05, 4.69) is 9.97 Å². The zero-order valence-corrected chi connectivity index (χ0v) is 19.1. The molecule has 4 nitrogen and oxygen atoms in total. The van der Waals surface area contributed by atoms with Crippen molar-refractivity contribution < 1.29 is 31.4 Å². The van der Waals surface area contributed by atoms with Crippen LogP contribution in [-0.2, 0) is 12.4 Å². The van der Waals surface area contributed by atoms with Gasteiger partial charge in [0.2, 0.25) is 0 Å². The zero-order valence-electron chi connectivity index (χ0n) is 19.1. The third kappa shape index (κ3) is 6.53. The van der Waals surface area contributed by atoms with E-state index in [1.165, 1.54) is 42.7 Å². The number of rotatable bonds is 2. The molecule has 0 amide bonds. The Morgan fingerprint density at radius 1 is 0.639 bits per heavy atom. The van der Waals surface area contributed by atoms with Crippen molar-refractivity contribution in [1.29, 1.82) is 0 Å². The molecule has 0 atom stereocenters. The van der Waals surface area contributed by atoms with Gasteiger partial charge in [-0.25, -0.2) is 0 Å². The molecule has 0 aliphatic heterocycles. The number of aryl methyl sites for hydroxylation is 2. The van der Waals surface area contributed by atoms with Gasteiger partial charge in [0.1, 0.15) is 5.75 Å². The first-order chi connectivity index (χ1) is 16.8. The molecule has 188 valence electrons. The maximum Gasteiger partial charge on any atom is 0.416 e. The Labute approximate surface area is 203 Å². The van der Waals surface area contributed by atoms with Crippen LogP contribution in [0.3, 0.4) is 0 Å². The summed E-state index contributed by atoms with van der Waals surface area (Å²) >= 11 is 0. The summed E-state index contributed by atoms with van der Waals surface area (Å²) in [7, 11) is 0. The molecule has 10 heteroatoms. The second-order valence-corrected chi connectivity index (χ2v) is 7.94. The highest BCUT2D eigenvalue weighted by Gasteiger charge is 2.30. The Balaban J connectivity index is 0.000000201. The average Bonchev–Trinajstić information content (AvgIpc) is 2.79. The molecule has 0 fully saturated rings. The summed E-state index contributed by atoms with van der Waals surface area (Å²) in [6.45, 7) is 3.55. The Bertz CT molecular complexity index is 1230. The summed E-state index contributed by atoms with van der Waals surface area (Å²) in [5.41, 5.74) is 8.70. The number of nitrogen functional groups attached to an aromatic ring is 1. The van der Waals surface area contributed by atoms with Gasteiger partial charge in [-0.05, 0) is 61.4 Å². The Kier molecular flexibility index (Phi) is 7.57. The molecule has 2 heterocycles. The first-order valence-corrected chi connectivity index (χ1v) is 10.5. The quantitative estimate of drug-likeness (QED) is 0.278. The number of aromatic hydroxyl groups is 1. The number of pyridine rings is 2. The van der Waals surface area contributed by atoms with Gasteiger partial charge < -0.3 is 10.8 Å². The van der Waals surface area contributed by atoms with Crippen molar-refractivity contribution in [3.05, 3.63) is 95.3 Å². The normalized spacial score (nSPS) is 11.6. The minimum Gasteiger partial charge on any atom is -0.506 e. The van der Waals surface area contributed by atoms with Crippen LogP contribution >= 0.6 is 0 Å². The van der Waals surface area contributed by atoms with Crippen LogP contribution in [0, 0.1) is 13.8 Å². The minimum absolute atomic E-state index is 0.0307. The molecule has 0 bridgehead atoms. The Morgan fingerprint density at radius 2 is 1.03 bits per heavy atom. The maximum atomic E-state index is 12.4. The van der Waals surface area contributed by atoms with Crippen LogP contribution in [-0.4, -0.2) is 15.1 Å². The third-order valence-corrected chi connectivity index (χ3v) is 5.13. The highest BCUT2D eigenvalue weighted by atomic mass is 19.4. The van der Waals surface area contributed by atoms with Crippen molar-refractivity contribution in [1.82, 2.24) is 9.97 Å². The molecular weight excluding hydrogens is 484 g/mol. The van der Waals surface area contributed by atoms with Crippen LogP contribution in [0.1, 0.15) is 22.3 Å². The second kappa shape index (κ2) is 10.3. The van der Waals surface area contributed by atoms with Crippen molar-refractivity contribution in [2.75, 3.05) is 5.73 Å². The molecule has 0 saturated carbocycles. The largest absolute Gasteiger partial charge is 0.506 e. The lowest BCUT2D eigenvalue weighted by atomic mass is 10.0. The lowest BCUT2D eigenvalue weighted by Gasteiger charge is -2.09. The number of halogens is 6. The number of aromatic nitrogens is 2. The number of hydrogen-bond acceptors (Lipinski definition) is 4. The topological polar surface area (TPSA) is 72.0 Å². The molecule has 0 spiro atoms. The smallest absolute Gasteiger partial charge is 0.416 e. The number of hydrogen-bond donors (Lipinski definition) is 2. The monoisotopic (exact) mass is 505 g/mol. The average molecular weight is 505 g/mol. The van der Waals surface area contributed by atoms with Gasteiger partial charge in [-0.15, -0.1) is 0 Å². The first kappa shape index (κ1) is 26.5. The molecular formula is C26H21F6N3O. The summed E-state index contributed by atoms with van der Waals surface area (Å²) in [5, 5.41) is 9.22. The van der Waals surface area contributed by atoms with Crippen molar-refractivity contribution >= 4 is 5.69 Å². The molecule has 0 radical (unpaired) electrons. The summed E-state index contributed by atoms with van der Waals surface area (Å²) in [6, 6.07) is 12.9. The second-order valence-electron chi connectivity index (χ2n) is 7.94. The number of benzene rings is 2. The molecule has 2 aromatic heterocycles. The van der Waals surface area contributed by atoms with Gasteiger partial charge in [0.15, 0.2) is 0 Å². The molecule has 2 aromatic carbocycles. The summed E-state index contributed by atoms with van der Waals surface area (Å²) in [4.78, 5) is 8.14. The fraction of sp³-hybridized carbons (Fsp3) is 0.154. The SMILES string of the molecule is Cc1cc(N)cnc1-c1ccc(C(F)(F)F)cc1.Cc1cc(O)cnc1-c1ccc(C(F)(F)F)cc1. The van der Waals surface area contributed by atoms with Crippen LogP contribution in [0.2, 0.25) is 0 Å². The highest BCUT2D eigenvalue weighted by molar-refractivity contribution is 5.65. The van der Waals surface area contributed by atoms with Gasteiger partial charge >= 0.3 is 12.4 Å². The number of nitrogens with zero attached hydrogens (tertiary/aromatic N) is 2. The van der Waals surface area contributed by atoms with E-state index in [4.69, 9.17) is 5.73 Å². The van der Waals surface area contributed by atoms with E-state index in [-0.39, 0.29) is 5.75 Å². The number of nitrogens with two attached hydrogens (primary N) is 1. The number of anilines is 1. The van der Waals surface area contributed by atoms with Crippen molar-refractivity contribution in [2.45, 2.75) is 26.2 Å². The first-order valence-electron chi connectivity index (χ1n) is 10.5. The van der Waals surface area contributed by atoms with Crippen LogP contribution in [0.25, 0.3) is 22.5 Å². The molecule has 4 aromatic rings. The predicted octanol–water partition coefficient (Wildman–Crippen LogP) is 7.44. The van der Waals surface area contributed by atoms with Crippen LogP contribution in [0.5, 0.6) is 5.75 Å². The van der Waals surface area contributed by atoms with Crippen LogP contribution in [0.4, 0.5) is 32.0 Å². The summed E-state index contributed by atoms with van der Waals surface area (Å²) in [5.74, 6) is 0.0307. The summed E-state index contributed by atoms with van der Waals surface area (Å²) < 4.78 is 74.5. The molecule has 0 unspecified atom stereocenters. The zero-order chi connectivity index (χ0) is 26.7. The Hall–Kier alpha value is -4.08. The van der Waals surface area contributed by atoms with E-state index in [1.807, 2.05) is 6.92 Å². The van der Waals surface area contributed by atoms with Crippen LogP contribution in [0.15, 0.2) is 73.1 Å². The molecule has 3 N–H and O–H groups in total. The molecule has 0 aliphatic rings. The van der Waals surface area contributed by atoms with Gasteiger partial charge in [-0.2, -0.15) is 26.3 Å². The van der Waals surface area contributed by atoms with E-state index < -0.39 is 23.5 Å². The van der Waals surface area contributed by atoms with Gasteiger partial charge in [-0.3, -0.25) is 9.97 Å². The third-order valence-electron chi connectivity index (χ3n) is 5.13. The van der Waals surface area contributed by atoms with Crippen molar-refractivity contribution in [3.8, 4) is 28.3 Å². The Morgan fingerprint density at radius 3 is 1.39 bits per heavy atom. The molecule has 0 saturated heterocycles. The predicted molar refractivity (Wildman–Crippen MR) is 125 cm³/mol. The minimum atomic E-state index is -4.34. The maximum absolute atomic E-state index is 12.4. The van der Waals surface area contributed by atoms with E-state index in [0.717, 1.165) is 29.8 Å². The van der Waals surface area contributed by atoms with E-state index in [1.54, 1.807) is 13.0 Å². The van der Waals surface area contributed by atoms with Crippen LogP contribution < -0.4 is 5.73 Å². The van der Waals surface area contributed by atoms with Gasteiger partial charge in [0.05, 0.1) is 40.6 Å². The van der Waals surface area contributed by atoms with E-state index >= 15 is 0 Å². The van der Waals surface area contributed by atoms with Crippen molar-refractivity contribution in [2.24, 2.45) is 0 Å². The molecule has 0 aliphatic carbocycles. The summed E-state index contributed by atoms with van der Waals surface area (Å²) in [6.07, 6.45) is -5.90. The van der Waals surface area contributed by atoms with Gasteiger partial charge in [-0.1, -0.05) is 24.3 Å². The van der Waals surface area contributed by atoms with Gasteiger partial charge in [0, 0.05) is 11.1 Å². The fourth-order valence-electron chi connectivity index (χ4n) is 3.40.